The average molecular weight is 395 g/mol. The molecule has 6 nitrogen and oxygen atoms in total. The van der Waals surface area contributed by atoms with Gasteiger partial charge in [0.25, 0.3) is 5.91 Å². The maximum Gasteiger partial charge on any atom is 0.269 e. The topological polar surface area (TPSA) is 58.6 Å². The van der Waals surface area contributed by atoms with Crippen molar-refractivity contribution in [2.75, 3.05) is 29.9 Å². The number of para-hydroxylation sites is 2. The number of rotatable bonds is 1. The van der Waals surface area contributed by atoms with Gasteiger partial charge in [0.2, 0.25) is 0 Å². The third-order valence-corrected chi connectivity index (χ3v) is 5.50. The Morgan fingerprint density at radius 2 is 1.86 bits per heavy atom. The molecule has 0 unspecified atom stereocenters. The van der Waals surface area contributed by atoms with Crippen molar-refractivity contribution in [1.29, 1.82) is 0 Å². The Balaban J connectivity index is 1.53. The quantitative estimate of drug-likeness (QED) is 0.632. The maximum absolute atomic E-state index is 13.4. The van der Waals surface area contributed by atoms with E-state index in [0.29, 0.717) is 23.8 Å². The van der Waals surface area contributed by atoms with Gasteiger partial charge in [-0.15, -0.1) is 0 Å². The highest BCUT2D eigenvalue weighted by atomic mass is 35.5. The summed E-state index contributed by atoms with van der Waals surface area (Å²) < 4.78 is 5.94. The molecule has 0 N–H and O–H groups in total. The number of fused-ring (bicyclic) bond motifs is 3. The number of anilines is 2. The predicted molar refractivity (Wildman–Crippen MR) is 109 cm³/mol. The highest BCUT2D eigenvalue weighted by Crippen LogP contribution is 2.35. The molecule has 28 heavy (non-hydrogen) atoms. The molecule has 3 heterocycles. The van der Waals surface area contributed by atoms with E-state index in [1.165, 1.54) is 0 Å². The fourth-order valence-corrected chi connectivity index (χ4v) is 4.03. The summed E-state index contributed by atoms with van der Waals surface area (Å²) in [6.07, 6.45) is 0.775. The minimum Gasteiger partial charge on any atom is -0.480 e. The van der Waals surface area contributed by atoms with E-state index in [1.807, 2.05) is 43.4 Å². The molecule has 0 saturated carbocycles. The number of aromatic nitrogens is 2. The molecular formula is C21H19ClN4O2. The number of hydrogen-bond donors (Lipinski definition) is 0. The molecular weight excluding hydrogens is 376 g/mol. The van der Waals surface area contributed by atoms with Crippen molar-refractivity contribution in [3.8, 4) is 5.75 Å². The van der Waals surface area contributed by atoms with Crippen LogP contribution in [0.15, 0.2) is 42.5 Å². The second-order valence-electron chi connectivity index (χ2n) is 7.19. The van der Waals surface area contributed by atoms with Crippen LogP contribution in [0.1, 0.15) is 12.0 Å². The minimum absolute atomic E-state index is 0.0894. The monoisotopic (exact) mass is 394 g/mol. The van der Waals surface area contributed by atoms with Crippen LogP contribution in [0.2, 0.25) is 5.02 Å². The first-order chi connectivity index (χ1) is 13.6. The van der Waals surface area contributed by atoms with Crippen molar-refractivity contribution >= 4 is 40.2 Å². The highest BCUT2D eigenvalue weighted by Gasteiger charge is 2.36. The van der Waals surface area contributed by atoms with Crippen LogP contribution in [0.4, 0.5) is 11.6 Å². The van der Waals surface area contributed by atoms with Gasteiger partial charge < -0.3 is 9.64 Å². The SMILES string of the molecule is CN1CCCN(C(=O)[C@H]2Cc3cc(Cl)ccc3O2)c2nc3ccccc3nc21. The molecule has 2 aliphatic rings. The fourth-order valence-electron chi connectivity index (χ4n) is 3.84. The van der Waals surface area contributed by atoms with Crippen LogP contribution in [-0.4, -0.2) is 42.1 Å². The smallest absolute Gasteiger partial charge is 0.269 e. The van der Waals surface area contributed by atoms with Crippen molar-refractivity contribution in [2.45, 2.75) is 18.9 Å². The van der Waals surface area contributed by atoms with Crippen molar-refractivity contribution in [1.82, 2.24) is 9.97 Å². The molecule has 142 valence electrons. The van der Waals surface area contributed by atoms with Gasteiger partial charge in [0.1, 0.15) is 5.75 Å². The first kappa shape index (κ1) is 17.3. The normalized spacial score (nSPS) is 18.4. The number of halogens is 1. The molecule has 0 fully saturated rings. The zero-order valence-corrected chi connectivity index (χ0v) is 16.2. The first-order valence-corrected chi connectivity index (χ1v) is 9.72. The summed E-state index contributed by atoms with van der Waals surface area (Å²) in [6.45, 7) is 1.39. The number of carbonyl (C=O) groups excluding carboxylic acids is 1. The van der Waals surface area contributed by atoms with E-state index in [-0.39, 0.29) is 5.91 Å². The molecule has 0 bridgehead atoms. The summed E-state index contributed by atoms with van der Waals surface area (Å²) in [5.74, 6) is 1.96. The van der Waals surface area contributed by atoms with E-state index in [1.54, 1.807) is 11.0 Å². The average Bonchev–Trinajstić information content (AvgIpc) is 3.05. The fraction of sp³-hybridized carbons (Fsp3) is 0.286. The molecule has 2 aromatic carbocycles. The molecule has 0 aliphatic carbocycles. The molecule has 0 radical (unpaired) electrons. The van der Waals surface area contributed by atoms with Gasteiger partial charge in [-0.25, -0.2) is 9.97 Å². The highest BCUT2D eigenvalue weighted by molar-refractivity contribution is 6.30. The lowest BCUT2D eigenvalue weighted by molar-refractivity contribution is -0.124. The van der Waals surface area contributed by atoms with Crippen molar-refractivity contribution in [3.63, 3.8) is 0 Å². The summed E-state index contributed by atoms with van der Waals surface area (Å²) in [4.78, 5) is 26.8. The van der Waals surface area contributed by atoms with Crippen LogP contribution in [0.3, 0.4) is 0 Å². The first-order valence-electron chi connectivity index (χ1n) is 9.34. The Hall–Kier alpha value is -2.86. The molecule has 7 heteroatoms. The molecule has 2 aliphatic heterocycles. The number of benzene rings is 2. The van der Waals surface area contributed by atoms with Gasteiger partial charge in [0, 0.05) is 31.6 Å². The number of amides is 1. The van der Waals surface area contributed by atoms with Gasteiger partial charge >= 0.3 is 0 Å². The predicted octanol–water partition coefficient (Wildman–Crippen LogP) is 3.46. The lowest BCUT2D eigenvalue weighted by atomic mass is 10.1. The van der Waals surface area contributed by atoms with Gasteiger partial charge in [-0.2, -0.15) is 0 Å². The van der Waals surface area contributed by atoms with Crippen LogP contribution < -0.4 is 14.5 Å². The number of ether oxygens (including phenoxy) is 1. The van der Waals surface area contributed by atoms with Gasteiger partial charge in [-0.3, -0.25) is 9.69 Å². The number of hydrogen-bond acceptors (Lipinski definition) is 5. The summed E-state index contributed by atoms with van der Waals surface area (Å²) in [6, 6.07) is 13.2. The van der Waals surface area contributed by atoms with Crippen LogP contribution in [0.25, 0.3) is 11.0 Å². The lowest BCUT2D eigenvalue weighted by Crippen LogP contribution is -2.42. The second-order valence-corrected chi connectivity index (χ2v) is 7.62. The third-order valence-electron chi connectivity index (χ3n) is 5.27. The third kappa shape index (κ3) is 2.85. The van der Waals surface area contributed by atoms with E-state index in [4.69, 9.17) is 26.3 Å². The van der Waals surface area contributed by atoms with E-state index in [0.717, 1.165) is 41.1 Å². The maximum atomic E-state index is 13.4. The van der Waals surface area contributed by atoms with Gasteiger partial charge in [-0.1, -0.05) is 23.7 Å². The molecule has 3 aromatic rings. The number of nitrogens with zero attached hydrogens (tertiary/aromatic N) is 4. The number of carbonyl (C=O) groups is 1. The van der Waals surface area contributed by atoms with E-state index < -0.39 is 6.10 Å². The van der Waals surface area contributed by atoms with Crippen LogP contribution in [0.5, 0.6) is 5.75 Å². The zero-order chi connectivity index (χ0) is 19.3. The summed E-state index contributed by atoms with van der Waals surface area (Å²) in [7, 11) is 1.99. The Labute approximate surface area is 167 Å². The summed E-state index contributed by atoms with van der Waals surface area (Å²) in [5.41, 5.74) is 2.56. The standard InChI is InChI=1S/C21H19ClN4O2/c1-25-9-4-10-26(20-19(25)23-15-5-2-3-6-16(15)24-20)21(27)18-12-13-11-14(22)7-8-17(13)28-18/h2-3,5-8,11,18H,4,9-10,12H2,1H3/t18-/m1/s1. The van der Waals surface area contributed by atoms with Gasteiger partial charge in [-0.05, 0) is 42.3 Å². The molecule has 0 spiro atoms. The summed E-state index contributed by atoms with van der Waals surface area (Å²) >= 11 is 6.08. The molecule has 1 aromatic heterocycles. The van der Waals surface area contributed by atoms with Crippen molar-refractivity contribution in [2.24, 2.45) is 0 Å². The largest absolute Gasteiger partial charge is 0.480 e. The van der Waals surface area contributed by atoms with Crippen LogP contribution in [-0.2, 0) is 11.2 Å². The van der Waals surface area contributed by atoms with E-state index in [2.05, 4.69) is 4.90 Å². The minimum atomic E-state index is -0.571. The van der Waals surface area contributed by atoms with Crippen molar-refractivity contribution < 1.29 is 9.53 Å². The van der Waals surface area contributed by atoms with Crippen molar-refractivity contribution in [3.05, 3.63) is 53.1 Å². The molecule has 1 amide bonds. The zero-order valence-electron chi connectivity index (χ0n) is 15.4. The Morgan fingerprint density at radius 1 is 1.11 bits per heavy atom. The van der Waals surface area contributed by atoms with Gasteiger partial charge in [0.05, 0.1) is 11.0 Å². The molecule has 5 rings (SSSR count). The Morgan fingerprint density at radius 3 is 2.64 bits per heavy atom. The summed E-state index contributed by atoms with van der Waals surface area (Å²) in [5, 5.41) is 0.648. The van der Waals surface area contributed by atoms with E-state index in [9.17, 15) is 4.79 Å². The molecule has 0 saturated heterocycles. The second kappa shape index (κ2) is 6.63. The Bertz CT molecular complexity index is 1090. The van der Waals surface area contributed by atoms with Crippen LogP contribution >= 0.6 is 11.6 Å². The van der Waals surface area contributed by atoms with Crippen LogP contribution in [0, 0.1) is 0 Å². The lowest BCUT2D eigenvalue weighted by Gasteiger charge is -2.25. The molecule has 1 atom stereocenters. The van der Waals surface area contributed by atoms with Gasteiger partial charge in [0.15, 0.2) is 17.7 Å². The Kier molecular flexibility index (Phi) is 4.09. The van der Waals surface area contributed by atoms with E-state index >= 15 is 0 Å².